The molecule has 4 aromatic rings. The van der Waals surface area contributed by atoms with Crippen molar-refractivity contribution in [1.29, 1.82) is 0 Å². The molecule has 0 fully saturated rings. The first-order chi connectivity index (χ1) is 13.0. The number of benzene rings is 1. The molecular formula is C20H20N4O2S. The molecule has 1 amide bonds. The summed E-state index contributed by atoms with van der Waals surface area (Å²) < 4.78 is 4.13. The fourth-order valence-electron chi connectivity index (χ4n) is 3.29. The zero-order valence-electron chi connectivity index (χ0n) is 15.2. The predicted molar refractivity (Wildman–Crippen MR) is 107 cm³/mol. The first-order valence-corrected chi connectivity index (χ1v) is 9.70. The Hall–Kier alpha value is -2.93. The molecule has 4 rings (SSSR count). The number of carbonyl (C=O) groups excluding carboxylic acids is 1. The Morgan fingerprint density at radius 3 is 2.78 bits per heavy atom. The highest BCUT2D eigenvalue weighted by Crippen LogP contribution is 2.24. The molecule has 0 aliphatic rings. The van der Waals surface area contributed by atoms with Crippen LogP contribution in [0.4, 0.5) is 0 Å². The molecule has 0 radical (unpaired) electrons. The van der Waals surface area contributed by atoms with Crippen molar-refractivity contribution in [3.8, 4) is 0 Å². The molecule has 3 aromatic heterocycles. The van der Waals surface area contributed by atoms with Crippen LogP contribution in [-0.2, 0) is 11.3 Å². The molecule has 7 heteroatoms. The SMILES string of the molecule is Cc1nn(CC(=O)NCC(C)c2ccccc2)c(=O)c2cc3sccc3n12. The van der Waals surface area contributed by atoms with Crippen molar-refractivity contribution in [3.63, 3.8) is 0 Å². The number of amides is 1. The van der Waals surface area contributed by atoms with Gasteiger partial charge in [-0.2, -0.15) is 5.10 Å². The molecule has 1 atom stereocenters. The first kappa shape index (κ1) is 17.5. The Bertz CT molecular complexity index is 1170. The van der Waals surface area contributed by atoms with E-state index in [1.165, 1.54) is 10.2 Å². The zero-order valence-corrected chi connectivity index (χ0v) is 16.0. The summed E-state index contributed by atoms with van der Waals surface area (Å²) in [7, 11) is 0. The molecule has 6 nitrogen and oxygen atoms in total. The third-order valence-electron chi connectivity index (χ3n) is 4.73. The van der Waals surface area contributed by atoms with Crippen molar-refractivity contribution in [2.24, 2.45) is 0 Å². The molecule has 0 aliphatic heterocycles. The average molecular weight is 380 g/mol. The van der Waals surface area contributed by atoms with Crippen LogP contribution in [0.1, 0.15) is 24.2 Å². The second-order valence-electron chi connectivity index (χ2n) is 6.66. The van der Waals surface area contributed by atoms with Crippen molar-refractivity contribution in [2.45, 2.75) is 26.3 Å². The number of rotatable bonds is 5. The van der Waals surface area contributed by atoms with E-state index < -0.39 is 0 Å². The van der Waals surface area contributed by atoms with Gasteiger partial charge < -0.3 is 5.32 Å². The van der Waals surface area contributed by atoms with Crippen LogP contribution in [-0.4, -0.2) is 26.6 Å². The summed E-state index contributed by atoms with van der Waals surface area (Å²) in [5.74, 6) is 0.661. The molecule has 138 valence electrons. The van der Waals surface area contributed by atoms with E-state index in [1.807, 2.05) is 59.2 Å². The van der Waals surface area contributed by atoms with Crippen LogP contribution >= 0.6 is 11.3 Å². The van der Waals surface area contributed by atoms with E-state index in [0.29, 0.717) is 17.9 Å². The van der Waals surface area contributed by atoms with E-state index >= 15 is 0 Å². The van der Waals surface area contributed by atoms with Crippen molar-refractivity contribution < 1.29 is 4.79 Å². The summed E-state index contributed by atoms with van der Waals surface area (Å²) in [4.78, 5) is 25.1. The number of aryl methyl sites for hydroxylation is 1. The second kappa shape index (κ2) is 7.00. The van der Waals surface area contributed by atoms with Gasteiger partial charge in [-0.1, -0.05) is 37.3 Å². The molecule has 1 N–H and O–H groups in total. The van der Waals surface area contributed by atoms with Gasteiger partial charge in [-0.25, -0.2) is 4.68 Å². The Morgan fingerprint density at radius 2 is 2.00 bits per heavy atom. The summed E-state index contributed by atoms with van der Waals surface area (Å²) >= 11 is 1.58. The van der Waals surface area contributed by atoms with E-state index in [9.17, 15) is 9.59 Å². The zero-order chi connectivity index (χ0) is 19.0. The van der Waals surface area contributed by atoms with E-state index in [2.05, 4.69) is 17.3 Å². The highest BCUT2D eigenvalue weighted by molar-refractivity contribution is 7.17. The van der Waals surface area contributed by atoms with Crippen LogP contribution < -0.4 is 10.9 Å². The fraction of sp³-hybridized carbons (Fsp3) is 0.250. The maximum Gasteiger partial charge on any atom is 0.291 e. The first-order valence-electron chi connectivity index (χ1n) is 8.82. The molecule has 0 spiro atoms. The Kier molecular flexibility index (Phi) is 4.53. The summed E-state index contributed by atoms with van der Waals surface area (Å²) in [5.41, 5.74) is 2.44. The van der Waals surface area contributed by atoms with E-state index in [1.54, 1.807) is 11.3 Å². The lowest BCUT2D eigenvalue weighted by atomic mass is 10.0. The summed E-state index contributed by atoms with van der Waals surface area (Å²) in [5, 5.41) is 9.23. The van der Waals surface area contributed by atoms with Crippen LogP contribution in [0.5, 0.6) is 0 Å². The van der Waals surface area contributed by atoms with Crippen LogP contribution in [0.15, 0.2) is 52.6 Å². The summed E-state index contributed by atoms with van der Waals surface area (Å²) in [6.45, 7) is 4.33. The average Bonchev–Trinajstić information content (AvgIpc) is 3.26. The van der Waals surface area contributed by atoms with Crippen molar-refractivity contribution >= 4 is 33.0 Å². The Balaban J connectivity index is 1.52. The molecular weight excluding hydrogens is 360 g/mol. The highest BCUT2D eigenvalue weighted by Gasteiger charge is 2.15. The van der Waals surface area contributed by atoms with E-state index in [0.717, 1.165) is 10.2 Å². The van der Waals surface area contributed by atoms with Gasteiger partial charge in [-0.15, -0.1) is 11.3 Å². The van der Waals surface area contributed by atoms with Crippen LogP contribution in [0.3, 0.4) is 0 Å². The fourth-order valence-corrected chi connectivity index (χ4v) is 4.10. The summed E-state index contributed by atoms with van der Waals surface area (Å²) in [6, 6.07) is 13.9. The Labute approximate surface area is 160 Å². The third-order valence-corrected chi connectivity index (χ3v) is 5.59. The summed E-state index contributed by atoms with van der Waals surface area (Å²) in [6.07, 6.45) is 0. The van der Waals surface area contributed by atoms with Crippen molar-refractivity contribution in [2.75, 3.05) is 6.54 Å². The van der Waals surface area contributed by atoms with Crippen LogP contribution in [0.25, 0.3) is 15.7 Å². The largest absolute Gasteiger partial charge is 0.354 e. The maximum atomic E-state index is 12.7. The normalized spacial score (nSPS) is 12.5. The topological polar surface area (TPSA) is 68.4 Å². The minimum Gasteiger partial charge on any atom is -0.354 e. The van der Waals surface area contributed by atoms with Crippen LogP contribution in [0.2, 0.25) is 0 Å². The monoisotopic (exact) mass is 380 g/mol. The highest BCUT2D eigenvalue weighted by atomic mass is 32.1. The van der Waals surface area contributed by atoms with E-state index in [4.69, 9.17) is 0 Å². The number of nitrogens with one attached hydrogen (secondary N) is 1. The lowest BCUT2D eigenvalue weighted by Crippen LogP contribution is -2.36. The standard InChI is InChI=1S/C20H20N4O2S/c1-13(15-6-4-3-5-7-15)11-21-19(25)12-23-20(26)17-10-18-16(8-9-27-18)24(17)14(2)22-23/h3-10,13H,11-12H2,1-2H3,(H,21,25). The van der Waals surface area contributed by atoms with Crippen LogP contribution in [0, 0.1) is 6.92 Å². The van der Waals surface area contributed by atoms with Gasteiger partial charge >= 0.3 is 0 Å². The number of carbonyl (C=O) groups is 1. The van der Waals surface area contributed by atoms with Crippen molar-refractivity contribution in [3.05, 3.63) is 69.6 Å². The van der Waals surface area contributed by atoms with Gasteiger partial charge in [0, 0.05) is 6.54 Å². The quantitative estimate of drug-likeness (QED) is 0.579. The number of aromatic nitrogens is 3. The van der Waals surface area contributed by atoms with Crippen molar-refractivity contribution in [1.82, 2.24) is 19.5 Å². The minimum absolute atomic E-state index is 0.0868. The maximum absolute atomic E-state index is 12.7. The van der Waals surface area contributed by atoms with Gasteiger partial charge in [-0.3, -0.25) is 14.0 Å². The van der Waals surface area contributed by atoms with E-state index in [-0.39, 0.29) is 23.9 Å². The number of nitrogens with zero attached hydrogens (tertiary/aromatic N) is 3. The molecule has 27 heavy (non-hydrogen) atoms. The molecule has 1 unspecified atom stereocenters. The molecule has 0 saturated heterocycles. The predicted octanol–water partition coefficient (Wildman–Crippen LogP) is 2.94. The second-order valence-corrected chi connectivity index (χ2v) is 7.61. The lowest BCUT2D eigenvalue weighted by molar-refractivity contribution is -0.121. The molecule has 3 heterocycles. The number of thiophene rings is 1. The molecule has 0 saturated carbocycles. The van der Waals surface area contributed by atoms with Gasteiger partial charge in [0.05, 0.1) is 10.2 Å². The molecule has 0 aliphatic carbocycles. The Morgan fingerprint density at radius 1 is 1.22 bits per heavy atom. The number of hydrogen-bond acceptors (Lipinski definition) is 4. The molecule has 1 aromatic carbocycles. The third kappa shape index (κ3) is 3.26. The smallest absolute Gasteiger partial charge is 0.291 e. The number of fused-ring (bicyclic) bond motifs is 3. The minimum atomic E-state index is -0.254. The van der Waals surface area contributed by atoms with Gasteiger partial charge in [0.1, 0.15) is 17.9 Å². The number of hydrogen-bond donors (Lipinski definition) is 1. The van der Waals surface area contributed by atoms with Gasteiger partial charge in [0.15, 0.2) is 0 Å². The lowest BCUT2D eigenvalue weighted by Gasteiger charge is -2.13. The van der Waals surface area contributed by atoms with Gasteiger partial charge in [0.25, 0.3) is 5.56 Å². The van der Waals surface area contributed by atoms with Gasteiger partial charge in [0.2, 0.25) is 5.91 Å². The molecule has 0 bridgehead atoms. The van der Waals surface area contributed by atoms with Gasteiger partial charge in [-0.05, 0) is 35.9 Å².